The SMILES string of the molecule is CN1CCCC(n2c(CO)nnc2SCC(=O)O)C1. The maximum Gasteiger partial charge on any atom is 0.313 e. The molecule has 1 atom stereocenters. The first-order chi connectivity index (χ1) is 9.11. The van der Waals surface area contributed by atoms with Crippen molar-refractivity contribution in [1.82, 2.24) is 19.7 Å². The first-order valence-electron chi connectivity index (χ1n) is 6.19. The number of piperidine rings is 1. The lowest BCUT2D eigenvalue weighted by Crippen LogP contribution is -2.34. The van der Waals surface area contributed by atoms with Crippen LogP contribution in [0.25, 0.3) is 0 Å². The molecule has 0 amide bonds. The van der Waals surface area contributed by atoms with Crippen molar-refractivity contribution in [2.75, 3.05) is 25.9 Å². The number of carboxylic acid groups (broad SMARTS) is 1. The second-order valence-electron chi connectivity index (χ2n) is 4.67. The Balaban J connectivity index is 2.20. The molecule has 1 aromatic heterocycles. The largest absolute Gasteiger partial charge is 0.481 e. The van der Waals surface area contributed by atoms with Gasteiger partial charge in [0.2, 0.25) is 0 Å². The molecule has 2 N–H and O–H groups in total. The summed E-state index contributed by atoms with van der Waals surface area (Å²) in [4.78, 5) is 12.9. The Kier molecular flexibility index (Phi) is 4.78. The minimum Gasteiger partial charge on any atom is -0.481 e. The van der Waals surface area contributed by atoms with E-state index in [9.17, 15) is 9.90 Å². The molecule has 2 heterocycles. The minimum absolute atomic E-state index is 0.0495. The molecule has 1 saturated heterocycles. The van der Waals surface area contributed by atoms with Gasteiger partial charge in [-0.3, -0.25) is 9.36 Å². The standard InChI is InChI=1S/C11H18N4O3S/c1-14-4-2-3-8(5-14)15-9(6-16)12-13-11(15)19-7-10(17)18/h8,16H,2-7H2,1H3,(H,17,18). The molecular formula is C11H18N4O3S. The van der Waals surface area contributed by atoms with E-state index in [2.05, 4.69) is 22.1 Å². The maximum absolute atomic E-state index is 10.7. The summed E-state index contributed by atoms with van der Waals surface area (Å²) in [7, 11) is 2.05. The van der Waals surface area contributed by atoms with E-state index in [1.54, 1.807) is 0 Å². The van der Waals surface area contributed by atoms with E-state index in [1.807, 2.05) is 4.57 Å². The molecule has 0 aromatic carbocycles. The Morgan fingerprint density at radius 1 is 1.53 bits per heavy atom. The third-order valence-electron chi connectivity index (χ3n) is 3.17. The number of likely N-dealkylation sites (tertiary alicyclic amines) is 1. The van der Waals surface area contributed by atoms with Gasteiger partial charge in [-0.2, -0.15) is 0 Å². The van der Waals surface area contributed by atoms with E-state index in [1.165, 1.54) is 0 Å². The van der Waals surface area contributed by atoms with Crippen LogP contribution in [0, 0.1) is 0 Å². The van der Waals surface area contributed by atoms with Crippen LogP contribution in [-0.2, 0) is 11.4 Å². The Morgan fingerprint density at radius 3 is 2.95 bits per heavy atom. The van der Waals surface area contributed by atoms with Gasteiger partial charge in [0.15, 0.2) is 11.0 Å². The summed E-state index contributed by atoms with van der Waals surface area (Å²) in [6.07, 6.45) is 2.07. The lowest BCUT2D eigenvalue weighted by molar-refractivity contribution is -0.133. The second kappa shape index (κ2) is 6.36. The number of nitrogens with zero attached hydrogens (tertiary/aromatic N) is 4. The van der Waals surface area contributed by atoms with Crippen molar-refractivity contribution in [3.05, 3.63) is 5.82 Å². The van der Waals surface area contributed by atoms with Crippen LogP contribution in [0.4, 0.5) is 0 Å². The number of likely N-dealkylation sites (N-methyl/N-ethyl adjacent to an activating group) is 1. The van der Waals surface area contributed by atoms with Gasteiger partial charge in [0, 0.05) is 6.54 Å². The molecule has 1 aliphatic rings. The average Bonchev–Trinajstić information content (AvgIpc) is 2.79. The molecule has 0 aliphatic carbocycles. The highest BCUT2D eigenvalue weighted by atomic mass is 32.2. The third kappa shape index (κ3) is 3.46. The third-order valence-corrected chi connectivity index (χ3v) is 4.09. The summed E-state index contributed by atoms with van der Waals surface area (Å²) in [6.45, 7) is 1.75. The van der Waals surface area contributed by atoms with Gasteiger partial charge in [-0.1, -0.05) is 11.8 Å². The van der Waals surface area contributed by atoms with Crippen LogP contribution >= 0.6 is 11.8 Å². The van der Waals surface area contributed by atoms with E-state index in [0.717, 1.165) is 37.7 Å². The van der Waals surface area contributed by atoms with Crippen molar-refractivity contribution < 1.29 is 15.0 Å². The summed E-state index contributed by atoms with van der Waals surface area (Å²) >= 11 is 1.15. The topological polar surface area (TPSA) is 91.5 Å². The van der Waals surface area contributed by atoms with Crippen LogP contribution in [0.5, 0.6) is 0 Å². The van der Waals surface area contributed by atoms with E-state index in [4.69, 9.17) is 5.11 Å². The molecule has 2 rings (SSSR count). The van der Waals surface area contributed by atoms with Gasteiger partial charge >= 0.3 is 5.97 Å². The summed E-state index contributed by atoms with van der Waals surface area (Å²) in [5.41, 5.74) is 0. The summed E-state index contributed by atoms with van der Waals surface area (Å²) in [6, 6.07) is 0.201. The molecule has 0 spiro atoms. The molecule has 19 heavy (non-hydrogen) atoms. The van der Waals surface area contributed by atoms with E-state index in [0.29, 0.717) is 11.0 Å². The Labute approximate surface area is 115 Å². The van der Waals surface area contributed by atoms with Gasteiger partial charge in [0.1, 0.15) is 6.61 Å². The fourth-order valence-corrected chi connectivity index (χ4v) is 3.10. The zero-order chi connectivity index (χ0) is 13.8. The highest BCUT2D eigenvalue weighted by Crippen LogP contribution is 2.27. The van der Waals surface area contributed by atoms with Crippen molar-refractivity contribution in [3.63, 3.8) is 0 Å². The van der Waals surface area contributed by atoms with E-state index in [-0.39, 0.29) is 18.4 Å². The number of aliphatic carboxylic acids is 1. The monoisotopic (exact) mass is 286 g/mol. The highest BCUT2D eigenvalue weighted by Gasteiger charge is 2.24. The lowest BCUT2D eigenvalue weighted by Gasteiger charge is -2.31. The number of thioether (sulfide) groups is 1. The fraction of sp³-hybridized carbons (Fsp3) is 0.727. The molecule has 0 saturated carbocycles. The number of rotatable bonds is 5. The lowest BCUT2D eigenvalue weighted by atomic mass is 10.1. The highest BCUT2D eigenvalue weighted by molar-refractivity contribution is 7.99. The zero-order valence-electron chi connectivity index (χ0n) is 10.8. The molecular weight excluding hydrogens is 268 g/mol. The van der Waals surface area contributed by atoms with Gasteiger partial charge in [-0.25, -0.2) is 0 Å². The summed E-state index contributed by atoms with van der Waals surface area (Å²) in [5, 5.41) is 26.6. The second-order valence-corrected chi connectivity index (χ2v) is 5.61. The van der Waals surface area contributed by atoms with Crippen LogP contribution in [0.1, 0.15) is 24.7 Å². The molecule has 1 unspecified atom stereocenters. The molecule has 1 aromatic rings. The van der Waals surface area contributed by atoms with Crippen LogP contribution in [0.2, 0.25) is 0 Å². The summed E-state index contributed by atoms with van der Waals surface area (Å²) in [5.74, 6) is -0.425. The quantitative estimate of drug-likeness (QED) is 0.748. The van der Waals surface area contributed by atoms with Crippen LogP contribution in [0.15, 0.2) is 5.16 Å². The number of carbonyl (C=O) groups is 1. The van der Waals surface area contributed by atoms with Crippen molar-refractivity contribution in [3.8, 4) is 0 Å². The predicted octanol–water partition coefficient (Wildman–Crippen LogP) is 0.214. The molecule has 0 bridgehead atoms. The average molecular weight is 286 g/mol. The summed E-state index contributed by atoms with van der Waals surface area (Å²) < 4.78 is 1.89. The number of hydrogen-bond donors (Lipinski definition) is 2. The van der Waals surface area contributed by atoms with Crippen molar-refractivity contribution in [2.45, 2.75) is 30.6 Å². The number of carboxylic acids is 1. The first-order valence-corrected chi connectivity index (χ1v) is 7.18. The fourth-order valence-electron chi connectivity index (χ4n) is 2.36. The molecule has 1 fully saturated rings. The smallest absolute Gasteiger partial charge is 0.313 e. The molecule has 7 nitrogen and oxygen atoms in total. The van der Waals surface area contributed by atoms with E-state index >= 15 is 0 Å². The molecule has 0 radical (unpaired) electrons. The number of aliphatic hydroxyl groups excluding tert-OH is 1. The normalized spacial score (nSPS) is 20.6. The number of aliphatic hydroxyl groups is 1. The Morgan fingerprint density at radius 2 is 2.32 bits per heavy atom. The first kappa shape index (κ1) is 14.3. The van der Waals surface area contributed by atoms with Crippen molar-refractivity contribution >= 4 is 17.7 Å². The molecule has 1 aliphatic heterocycles. The Bertz CT molecular complexity index is 451. The number of aromatic nitrogens is 3. The molecule has 8 heteroatoms. The van der Waals surface area contributed by atoms with Gasteiger partial charge in [-0.15, -0.1) is 10.2 Å². The van der Waals surface area contributed by atoms with Crippen molar-refractivity contribution in [2.24, 2.45) is 0 Å². The minimum atomic E-state index is -0.883. The van der Waals surface area contributed by atoms with E-state index < -0.39 is 5.97 Å². The van der Waals surface area contributed by atoms with Gasteiger partial charge < -0.3 is 15.1 Å². The number of hydrogen-bond acceptors (Lipinski definition) is 6. The van der Waals surface area contributed by atoms with Gasteiger partial charge in [0.25, 0.3) is 0 Å². The zero-order valence-corrected chi connectivity index (χ0v) is 11.6. The predicted molar refractivity (Wildman–Crippen MR) is 70.1 cm³/mol. The Hall–Kier alpha value is -1.12. The van der Waals surface area contributed by atoms with Gasteiger partial charge in [-0.05, 0) is 26.4 Å². The molecule has 106 valence electrons. The van der Waals surface area contributed by atoms with Crippen LogP contribution < -0.4 is 0 Å². The van der Waals surface area contributed by atoms with Gasteiger partial charge in [0.05, 0.1) is 11.8 Å². The van der Waals surface area contributed by atoms with Crippen LogP contribution in [0.3, 0.4) is 0 Å². The maximum atomic E-state index is 10.7. The van der Waals surface area contributed by atoms with Crippen molar-refractivity contribution in [1.29, 1.82) is 0 Å². The van der Waals surface area contributed by atoms with Crippen LogP contribution in [-0.4, -0.2) is 61.7 Å².